The number of aromatic nitrogens is 4. The summed E-state index contributed by atoms with van der Waals surface area (Å²) in [5.74, 6) is 0.765. The first-order valence-corrected chi connectivity index (χ1v) is 10.1. The van der Waals surface area contributed by atoms with E-state index in [-0.39, 0.29) is 11.4 Å². The van der Waals surface area contributed by atoms with Gasteiger partial charge in [0, 0.05) is 0 Å². The van der Waals surface area contributed by atoms with Gasteiger partial charge in [0.1, 0.15) is 16.3 Å². The second-order valence-corrected chi connectivity index (χ2v) is 8.72. The Kier molecular flexibility index (Phi) is 4.50. The molecule has 0 aliphatic rings. The first-order chi connectivity index (χ1) is 12.1. The van der Waals surface area contributed by atoms with E-state index in [4.69, 9.17) is 12.2 Å². The summed E-state index contributed by atoms with van der Waals surface area (Å²) >= 11 is 9.51. The van der Waals surface area contributed by atoms with Gasteiger partial charge in [0.15, 0.2) is 8.29 Å². The Morgan fingerprint density at radius 2 is 2.08 bits per heavy atom. The molecule has 5 nitrogen and oxygen atoms in total. The smallest absolute Gasteiger partial charge is 0.268 e. The molecule has 0 saturated carbocycles. The van der Waals surface area contributed by atoms with Crippen LogP contribution in [-0.2, 0) is 5.75 Å². The Morgan fingerprint density at radius 1 is 1.28 bits per heavy atom. The van der Waals surface area contributed by atoms with Crippen molar-refractivity contribution in [3.63, 3.8) is 0 Å². The molecule has 3 aromatic heterocycles. The fourth-order valence-electron chi connectivity index (χ4n) is 2.18. The SMILES string of the molecule is O=c1[nH]c(CSc2nn(-c3ccc(F)cc3)c(=S)s2)nc2ccsc12. The molecule has 0 aliphatic heterocycles. The van der Waals surface area contributed by atoms with Gasteiger partial charge in [0.25, 0.3) is 5.56 Å². The summed E-state index contributed by atoms with van der Waals surface area (Å²) in [6.45, 7) is 0. The minimum atomic E-state index is -0.307. The number of fused-ring (bicyclic) bond motifs is 1. The van der Waals surface area contributed by atoms with E-state index in [0.717, 1.165) is 4.34 Å². The highest BCUT2D eigenvalue weighted by Gasteiger charge is 2.09. The van der Waals surface area contributed by atoms with Crippen LogP contribution in [0.5, 0.6) is 0 Å². The molecule has 4 aromatic rings. The van der Waals surface area contributed by atoms with Crippen molar-refractivity contribution in [2.45, 2.75) is 10.1 Å². The van der Waals surface area contributed by atoms with E-state index in [2.05, 4.69) is 15.1 Å². The average Bonchev–Trinajstić information content (AvgIpc) is 3.20. The van der Waals surface area contributed by atoms with Gasteiger partial charge in [-0.15, -0.1) is 16.4 Å². The molecule has 126 valence electrons. The third-order valence-corrected chi connectivity index (χ3v) is 6.58. The minimum Gasteiger partial charge on any atom is -0.309 e. The number of benzene rings is 1. The third kappa shape index (κ3) is 3.43. The highest BCUT2D eigenvalue weighted by molar-refractivity contribution is 8.00. The summed E-state index contributed by atoms with van der Waals surface area (Å²) in [4.78, 5) is 19.2. The van der Waals surface area contributed by atoms with Gasteiger partial charge in [-0.05, 0) is 47.9 Å². The van der Waals surface area contributed by atoms with Crippen LogP contribution >= 0.6 is 46.7 Å². The van der Waals surface area contributed by atoms with Crippen molar-refractivity contribution in [2.75, 3.05) is 0 Å². The topological polar surface area (TPSA) is 63.6 Å². The Morgan fingerprint density at radius 3 is 2.88 bits per heavy atom. The molecule has 0 bridgehead atoms. The van der Waals surface area contributed by atoms with Crippen LogP contribution < -0.4 is 5.56 Å². The summed E-state index contributed by atoms with van der Waals surface area (Å²) in [7, 11) is 0. The van der Waals surface area contributed by atoms with E-state index in [1.54, 1.807) is 16.8 Å². The van der Waals surface area contributed by atoms with Crippen molar-refractivity contribution < 1.29 is 4.39 Å². The van der Waals surface area contributed by atoms with E-state index >= 15 is 0 Å². The molecule has 0 atom stereocenters. The zero-order chi connectivity index (χ0) is 17.4. The van der Waals surface area contributed by atoms with Crippen LogP contribution in [0.1, 0.15) is 5.82 Å². The number of nitrogens with one attached hydrogen (secondary N) is 1. The molecule has 0 unspecified atom stereocenters. The first-order valence-electron chi connectivity index (χ1n) is 7.05. The van der Waals surface area contributed by atoms with Crippen molar-refractivity contribution in [3.8, 4) is 5.69 Å². The Bertz CT molecular complexity index is 1160. The number of halogens is 1. The molecule has 0 spiro atoms. The maximum atomic E-state index is 13.0. The normalized spacial score (nSPS) is 11.2. The molecule has 0 aliphatic carbocycles. The molecule has 1 aromatic carbocycles. The number of aromatic amines is 1. The van der Waals surface area contributed by atoms with Gasteiger partial charge in [-0.25, -0.2) is 14.1 Å². The lowest BCUT2D eigenvalue weighted by Gasteiger charge is -2.00. The highest BCUT2D eigenvalue weighted by Crippen LogP contribution is 2.26. The zero-order valence-electron chi connectivity index (χ0n) is 12.4. The predicted molar refractivity (Wildman–Crippen MR) is 102 cm³/mol. The van der Waals surface area contributed by atoms with Gasteiger partial charge >= 0.3 is 0 Å². The summed E-state index contributed by atoms with van der Waals surface area (Å²) in [5, 5.41) is 6.30. The summed E-state index contributed by atoms with van der Waals surface area (Å²) in [5.41, 5.74) is 1.29. The van der Waals surface area contributed by atoms with Crippen molar-refractivity contribution in [1.82, 2.24) is 19.7 Å². The minimum absolute atomic E-state index is 0.125. The Labute approximate surface area is 158 Å². The number of H-pyrrole nitrogens is 1. The number of nitrogens with zero attached hydrogens (tertiary/aromatic N) is 3. The summed E-state index contributed by atoms with van der Waals surface area (Å²) < 4.78 is 16.6. The van der Waals surface area contributed by atoms with Crippen LogP contribution in [0, 0.1) is 9.77 Å². The van der Waals surface area contributed by atoms with Crippen molar-refractivity contribution >= 4 is 56.9 Å². The van der Waals surface area contributed by atoms with Crippen molar-refractivity contribution in [2.24, 2.45) is 0 Å². The molecular weight excluding hydrogens is 399 g/mol. The van der Waals surface area contributed by atoms with Gasteiger partial charge in [-0.1, -0.05) is 23.1 Å². The van der Waals surface area contributed by atoms with Crippen LogP contribution in [0.25, 0.3) is 15.9 Å². The molecule has 10 heteroatoms. The van der Waals surface area contributed by atoms with Crippen molar-refractivity contribution in [1.29, 1.82) is 0 Å². The lowest BCUT2D eigenvalue weighted by molar-refractivity contribution is 0.627. The quantitative estimate of drug-likeness (QED) is 0.401. The van der Waals surface area contributed by atoms with Crippen LogP contribution in [0.4, 0.5) is 4.39 Å². The molecule has 0 amide bonds. The van der Waals surface area contributed by atoms with Crippen LogP contribution in [0.2, 0.25) is 0 Å². The monoisotopic (exact) mass is 408 g/mol. The van der Waals surface area contributed by atoms with E-state index in [1.807, 2.05) is 11.4 Å². The van der Waals surface area contributed by atoms with Gasteiger partial charge in [-0.3, -0.25) is 4.79 Å². The van der Waals surface area contributed by atoms with E-state index in [9.17, 15) is 9.18 Å². The summed E-state index contributed by atoms with van der Waals surface area (Å²) in [6, 6.07) is 7.82. The molecule has 1 N–H and O–H groups in total. The van der Waals surface area contributed by atoms with Crippen LogP contribution in [0.15, 0.2) is 44.8 Å². The maximum Gasteiger partial charge on any atom is 0.268 e. The molecule has 25 heavy (non-hydrogen) atoms. The van der Waals surface area contributed by atoms with E-state index in [0.29, 0.717) is 31.4 Å². The fourth-order valence-corrected chi connectivity index (χ4v) is 5.14. The molecule has 0 fully saturated rings. The average molecular weight is 409 g/mol. The van der Waals surface area contributed by atoms with E-state index in [1.165, 1.54) is 46.6 Å². The number of hydrogen-bond acceptors (Lipinski definition) is 7. The predicted octanol–water partition coefficient (Wildman–Crippen LogP) is 4.39. The number of hydrogen-bond donors (Lipinski definition) is 1. The summed E-state index contributed by atoms with van der Waals surface area (Å²) in [6.07, 6.45) is 0. The number of rotatable bonds is 4. The van der Waals surface area contributed by atoms with Crippen LogP contribution in [0.3, 0.4) is 0 Å². The molecular formula is C15H9FN4OS4. The maximum absolute atomic E-state index is 13.0. The van der Waals surface area contributed by atoms with E-state index < -0.39 is 0 Å². The van der Waals surface area contributed by atoms with Gasteiger partial charge in [0.05, 0.1) is 17.0 Å². The molecule has 3 heterocycles. The second-order valence-electron chi connectivity index (χ2n) is 4.96. The van der Waals surface area contributed by atoms with Crippen molar-refractivity contribution in [3.05, 3.63) is 61.7 Å². The van der Waals surface area contributed by atoms with Gasteiger partial charge in [-0.2, -0.15) is 0 Å². The largest absolute Gasteiger partial charge is 0.309 e. The van der Waals surface area contributed by atoms with Gasteiger partial charge in [0.2, 0.25) is 0 Å². The lowest BCUT2D eigenvalue weighted by Crippen LogP contribution is -2.09. The lowest BCUT2D eigenvalue weighted by atomic mass is 10.3. The number of thiophene rings is 1. The first kappa shape index (κ1) is 16.6. The molecule has 0 saturated heterocycles. The Balaban J connectivity index is 1.57. The highest BCUT2D eigenvalue weighted by atomic mass is 32.2. The Hall–Kier alpha value is -1.88. The standard InChI is InChI=1S/C15H9FN4OS4/c16-8-1-3-9(4-2-8)20-15(22)25-14(19-20)24-7-11-17-10-5-6-23-12(10)13(21)18-11/h1-6H,7H2,(H,17,18,21). The fraction of sp³-hybridized carbons (Fsp3) is 0.0667. The second kappa shape index (κ2) is 6.79. The van der Waals surface area contributed by atoms with Gasteiger partial charge < -0.3 is 4.98 Å². The number of thioether (sulfide) groups is 1. The van der Waals surface area contributed by atoms with Crippen LogP contribution in [-0.4, -0.2) is 19.7 Å². The zero-order valence-corrected chi connectivity index (χ0v) is 15.7. The molecule has 4 rings (SSSR count). The molecule has 0 radical (unpaired) electrons. The third-order valence-electron chi connectivity index (χ3n) is 3.30.